The SMILES string of the molecule is CCCCCCc1cccc(S(=O)(=O)Nc2c(C)cc(C)cc2C)c1. The summed E-state index contributed by atoms with van der Waals surface area (Å²) in [5.74, 6) is 0. The summed E-state index contributed by atoms with van der Waals surface area (Å²) in [6.45, 7) is 8.07. The molecule has 0 aliphatic heterocycles. The zero-order valence-corrected chi connectivity index (χ0v) is 16.5. The molecule has 0 radical (unpaired) electrons. The van der Waals surface area contributed by atoms with Gasteiger partial charge in [-0.2, -0.15) is 0 Å². The van der Waals surface area contributed by atoms with E-state index in [4.69, 9.17) is 0 Å². The fourth-order valence-corrected chi connectivity index (χ4v) is 4.43. The first-order valence-corrected chi connectivity index (χ1v) is 10.5. The first-order valence-electron chi connectivity index (χ1n) is 9.03. The second-order valence-electron chi connectivity index (χ2n) is 6.84. The van der Waals surface area contributed by atoms with Crippen LogP contribution in [0.5, 0.6) is 0 Å². The number of rotatable bonds is 8. The van der Waals surface area contributed by atoms with Gasteiger partial charge in [-0.3, -0.25) is 4.72 Å². The van der Waals surface area contributed by atoms with Crippen LogP contribution in [0.15, 0.2) is 41.3 Å². The molecule has 2 aromatic rings. The topological polar surface area (TPSA) is 46.2 Å². The minimum absolute atomic E-state index is 0.333. The van der Waals surface area contributed by atoms with Gasteiger partial charge in [-0.1, -0.05) is 56.0 Å². The molecule has 1 N–H and O–H groups in total. The van der Waals surface area contributed by atoms with Gasteiger partial charge in [0.25, 0.3) is 10.0 Å². The minimum atomic E-state index is -3.58. The molecule has 0 atom stereocenters. The number of anilines is 1. The van der Waals surface area contributed by atoms with Crippen molar-refractivity contribution in [2.24, 2.45) is 0 Å². The summed E-state index contributed by atoms with van der Waals surface area (Å²) < 4.78 is 28.4. The molecular weight excluding hydrogens is 330 g/mol. The lowest BCUT2D eigenvalue weighted by molar-refractivity contribution is 0.600. The van der Waals surface area contributed by atoms with Gasteiger partial charge in [-0.15, -0.1) is 0 Å². The van der Waals surface area contributed by atoms with Crippen LogP contribution in [0.2, 0.25) is 0 Å². The number of nitrogens with one attached hydrogen (secondary N) is 1. The molecule has 136 valence electrons. The van der Waals surface area contributed by atoms with Crippen LogP contribution in [0.1, 0.15) is 54.9 Å². The smallest absolute Gasteiger partial charge is 0.261 e. The molecule has 0 heterocycles. The summed E-state index contributed by atoms with van der Waals surface area (Å²) in [6, 6.07) is 11.3. The molecule has 2 rings (SSSR count). The molecule has 0 aromatic heterocycles. The molecule has 25 heavy (non-hydrogen) atoms. The Hall–Kier alpha value is -1.81. The predicted octanol–water partition coefficient (Wildman–Crippen LogP) is 5.54. The number of benzene rings is 2. The molecule has 0 unspecified atom stereocenters. The summed E-state index contributed by atoms with van der Waals surface area (Å²) in [6.07, 6.45) is 5.64. The Kier molecular flexibility index (Phi) is 6.65. The van der Waals surface area contributed by atoms with E-state index in [2.05, 4.69) is 11.6 Å². The van der Waals surface area contributed by atoms with Crippen LogP contribution in [0.3, 0.4) is 0 Å². The van der Waals surface area contributed by atoms with Crippen LogP contribution >= 0.6 is 0 Å². The standard InChI is InChI=1S/C21H29NO2S/c1-5-6-7-8-10-19-11-9-12-20(15-19)25(23,24)22-21-17(3)13-16(2)14-18(21)4/h9,11-15,22H,5-8,10H2,1-4H3. The monoisotopic (exact) mass is 359 g/mol. The average molecular weight is 360 g/mol. The van der Waals surface area contributed by atoms with Gasteiger partial charge in [0, 0.05) is 0 Å². The largest absolute Gasteiger partial charge is 0.279 e. The van der Waals surface area contributed by atoms with Crippen molar-refractivity contribution in [1.29, 1.82) is 0 Å². The molecule has 4 heteroatoms. The van der Waals surface area contributed by atoms with Gasteiger partial charge in [0.15, 0.2) is 0 Å². The van der Waals surface area contributed by atoms with Crippen LogP contribution in [-0.2, 0) is 16.4 Å². The molecule has 3 nitrogen and oxygen atoms in total. The van der Waals surface area contributed by atoms with E-state index in [0.717, 1.165) is 35.1 Å². The van der Waals surface area contributed by atoms with Crippen LogP contribution in [0.25, 0.3) is 0 Å². The Balaban J connectivity index is 2.20. The average Bonchev–Trinajstić information content (AvgIpc) is 2.55. The summed E-state index contributed by atoms with van der Waals surface area (Å²) in [5.41, 5.74) is 4.77. The molecule has 0 spiro atoms. The molecule has 0 amide bonds. The summed E-state index contributed by atoms with van der Waals surface area (Å²) in [4.78, 5) is 0.333. The molecule has 2 aromatic carbocycles. The Labute approximate surface area is 152 Å². The van der Waals surface area contributed by atoms with Crippen molar-refractivity contribution < 1.29 is 8.42 Å². The molecule has 0 saturated heterocycles. The van der Waals surface area contributed by atoms with Crippen molar-refractivity contribution in [2.75, 3.05) is 4.72 Å². The third-order valence-electron chi connectivity index (χ3n) is 4.44. The Morgan fingerprint density at radius 1 is 0.920 bits per heavy atom. The van der Waals surface area contributed by atoms with Crippen molar-refractivity contribution in [3.63, 3.8) is 0 Å². The highest BCUT2D eigenvalue weighted by molar-refractivity contribution is 7.92. The third kappa shape index (κ3) is 5.33. The normalized spacial score (nSPS) is 11.5. The highest BCUT2D eigenvalue weighted by Crippen LogP contribution is 2.25. The molecule has 0 bridgehead atoms. The summed E-state index contributed by atoms with van der Waals surface area (Å²) in [5, 5.41) is 0. The number of sulfonamides is 1. The highest BCUT2D eigenvalue weighted by Gasteiger charge is 2.17. The van der Waals surface area contributed by atoms with Gasteiger partial charge in [-0.05, 0) is 62.4 Å². The van der Waals surface area contributed by atoms with Crippen molar-refractivity contribution >= 4 is 15.7 Å². The fourth-order valence-electron chi connectivity index (χ4n) is 3.16. The van der Waals surface area contributed by atoms with Gasteiger partial charge in [-0.25, -0.2) is 8.42 Å². The fraction of sp³-hybridized carbons (Fsp3) is 0.429. The molecule has 0 aliphatic rings. The van der Waals surface area contributed by atoms with E-state index in [1.54, 1.807) is 12.1 Å². The van der Waals surface area contributed by atoms with E-state index in [1.807, 2.05) is 45.0 Å². The maximum atomic E-state index is 12.8. The van der Waals surface area contributed by atoms with Gasteiger partial charge in [0.2, 0.25) is 0 Å². The lowest BCUT2D eigenvalue weighted by Crippen LogP contribution is -2.15. The number of unbranched alkanes of at least 4 members (excludes halogenated alkanes) is 3. The van der Waals surface area contributed by atoms with E-state index in [-0.39, 0.29) is 0 Å². The second-order valence-corrected chi connectivity index (χ2v) is 8.52. The van der Waals surface area contributed by atoms with E-state index in [0.29, 0.717) is 10.6 Å². The maximum Gasteiger partial charge on any atom is 0.261 e. The van der Waals surface area contributed by atoms with E-state index < -0.39 is 10.0 Å². The lowest BCUT2D eigenvalue weighted by Gasteiger charge is -2.15. The van der Waals surface area contributed by atoms with Crippen LogP contribution in [-0.4, -0.2) is 8.42 Å². The van der Waals surface area contributed by atoms with Gasteiger partial charge in [0.1, 0.15) is 0 Å². The van der Waals surface area contributed by atoms with E-state index in [9.17, 15) is 8.42 Å². The van der Waals surface area contributed by atoms with Crippen LogP contribution < -0.4 is 4.72 Å². The predicted molar refractivity (Wildman–Crippen MR) is 106 cm³/mol. The summed E-state index contributed by atoms with van der Waals surface area (Å²) >= 11 is 0. The Morgan fingerprint density at radius 3 is 2.24 bits per heavy atom. The van der Waals surface area contributed by atoms with Gasteiger partial charge in [0.05, 0.1) is 10.6 Å². The number of aryl methyl sites for hydroxylation is 4. The Bertz CT molecular complexity index is 803. The Morgan fingerprint density at radius 2 is 1.60 bits per heavy atom. The molecular formula is C21H29NO2S. The molecule has 0 saturated carbocycles. The minimum Gasteiger partial charge on any atom is -0.279 e. The van der Waals surface area contributed by atoms with Gasteiger partial charge >= 0.3 is 0 Å². The third-order valence-corrected chi connectivity index (χ3v) is 5.79. The first-order chi connectivity index (χ1) is 11.8. The van der Waals surface area contributed by atoms with Crippen molar-refractivity contribution in [1.82, 2.24) is 0 Å². The molecule has 0 fully saturated rings. The number of hydrogen-bond donors (Lipinski definition) is 1. The van der Waals surface area contributed by atoms with Crippen molar-refractivity contribution in [3.8, 4) is 0 Å². The van der Waals surface area contributed by atoms with Gasteiger partial charge < -0.3 is 0 Å². The quantitative estimate of drug-likeness (QED) is 0.629. The second kappa shape index (κ2) is 8.52. The number of hydrogen-bond acceptors (Lipinski definition) is 2. The lowest BCUT2D eigenvalue weighted by atomic mass is 10.1. The zero-order chi connectivity index (χ0) is 18.4. The van der Waals surface area contributed by atoms with E-state index in [1.165, 1.54) is 19.3 Å². The first kappa shape index (κ1) is 19.5. The zero-order valence-electron chi connectivity index (χ0n) is 15.7. The van der Waals surface area contributed by atoms with Crippen molar-refractivity contribution in [3.05, 3.63) is 58.7 Å². The maximum absolute atomic E-state index is 12.8. The van der Waals surface area contributed by atoms with E-state index >= 15 is 0 Å². The van der Waals surface area contributed by atoms with Crippen molar-refractivity contribution in [2.45, 2.75) is 64.7 Å². The van der Waals surface area contributed by atoms with Crippen LogP contribution in [0.4, 0.5) is 5.69 Å². The summed E-state index contributed by atoms with van der Waals surface area (Å²) in [7, 11) is -3.58. The van der Waals surface area contributed by atoms with Crippen LogP contribution in [0, 0.1) is 20.8 Å². The molecule has 0 aliphatic carbocycles. The highest BCUT2D eigenvalue weighted by atomic mass is 32.2.